The largest absolute Gasteiger partial charge is 0.468 e. The van der Waals surface area contributed by atoms with Gasteiger partial charge in [-0.3, -0.25) is 4.79 Å². The Morgan fingerprint density at radius 1 is 1.17 bits per heavy atom. The van der Waals surface area contributed by atoms with E-state index in [9.17, 15) is 18.0 Å². The lowest BCUT2D eigenvalue weighted by atomic mass is 10.1. The molecule has 0 N–H and O–H groups in total. The van der Waals surface area contributed by atoms with E-state index in [2.05, 4.69) is 0 Å². The molecule has 1 aromatic carbocycles. The van der Waals surface area contributed by atoms with Gasteiger partial charge in [0.25, 0.3) is 5.91 Å². The van der Waals surface area contributed by atoms with Crippen molar-refractivity contribution in [1.82, 2.24) is 4.90 Å². The minimum absolute atomic E-state index is 0.123. The lowest BCUT2D eigenvalue weighted by Gasteiger charge is -2.20. The zero-order chi connectivity index (χ0) is 16.4. The predicted molar refractivity (Wildman–Crippen MR) is 80.7 cm³/mol. The lowest BCUT2D eigenvalue weighted by molar-refractivity contribution is 0.0760. The maximum Gasteiger partial charge on any atom is 0.256 e. The van der Waals surface area contributed by atoms with Crippen LogP contribution in [0.2, 0.25) is 0 Å². The summed E-state index contributed by atoms with van der Waals surface area (Å²) in [6, 6.07) is 5.44. The van der Waals surface area contributed by atoms with Crippen LogP contribution in [-0.4, -0.2) is 29.6 Å². The van der Waals surface area contributed by atoms with Crippen LogP contribution < -0.4 is 0 Å². The minimum Gasteiger partial charge on any atom is -0.468 e. The predicted octanol–water partition coefficient (Wildman–Crippen LogP) is 4.02. The number of furan rings is 1. The van der Waals surface area contributed by atoms with Gasteiger partial charge < -0.3 is 9.32 Å². The zero-order valence-corrected chi connectivity index (χ0v) is 12.9. The molecule has 0 radical (unpaired) electrons. The first-order valence-electron chi connectivity index (χ1n) is 7.15. The number of hydrogen-bond acceptors (Lipinski definition) is 3. The quantitative estimate of drug-likeness (QED) is 0.774. The summed E-state index contributed by atoms with van der Waals surface area (Å²) in [4.78, 5) is 13.9. The highest BCUT2D eigenvalue weighted by Gasteiger charge is 2.27. The molecule has 3 nitrogen and oxygen atoms in total. The van der Waals surface area contributed by atoms with E-state index >= 15 is 0 Å². The van der Waals surface area contributed by atoms with E-state index in [-0.39, 0.29) is 5.25 Å². The second kappa shape index (κ2) is 6.70. The average molecular weight is 341 g/mol. The van der Waals surface area contributed by atoms with E-state index < -0.39 is 28.9 Å². The van der Waals surface area contributed by atoms with Crippen molar-refractivity contribution in [1.29, 1.82) is 0 Å². The van der Waals surface area contributed by atoms with Crippen LogP contribution in [0.5, 0.6) is 0 Å². The molecule has 1 aromatic heterocycles. The number of thioether (sulfide) groups is 1. The first-order chi connectivity index (χ1) is 11.1. The van der Waals surface area contributed by atoms with Crippen molar-refractivity contribution in [2.24, 2.45) is 0 Å². The van der Waals surface area contributed by atoms with Gasteiger partial charge in [0.1, 0.15) is 5.76 Å². The third-order valence-electron chi connectivity index (χ3n) is 3.75. The molecule has 1 aliphatic heterocycles. The summed E-state index contributed by atoms with van der Waals surface area (Å²) in [6.07, 6.45) is 2.25. The maximum absolute atomic E-state index is 13.8. The van der Waals surface area contributed by atoms with Crippen molar-refractivity contribution < 1.29 is 22.4 Å². The second-order valence-electron chi connectivity index (χ2n) is 5.18. The summed E-state index contributed by atoms with van der Waals surface area (Å²) in [6.45, 7) is 0.814. The molecule has 3 rings (SSSR count). The zero-order valence-electron chi connectivity index (χ0n) is 12.1. The molecule has 7 heteroatoms. The fourth-order valence-electron chi connectivity index (χ4n) is 2.54. The molecule has 1 aliphatic rings. The van der Waals surface area contributed by atoms with Gasteiger partial charge in [0, 0.05) is 18.8 Å². The molecular weight excluding hydrogens is 327 g/mol. The van der Waals surface area contributed by atoms with Crippen molar-refractivity contribution in [3.05, 3.63) is 59.3 Å². The van der Waals surface area contributed by atoms with Gasteiger partial charge in [-0.1, -0.05) is 0 Å². The van der Waals surface area contributed by atoms with E-state index in [1.54, 1.807) is 24.1 Å². The van der Waals surface area contributed by atoms with E-state index in [4.69, 9.17) is 4.42 Å². The summed E-state index contributed by atoms with van der Waals surface area (Å²) in [5.41, 5.74) is -0.439. The fraction of sp³-hybridized carbons (Fsp3) is 0.312. The number of benzene rings is 1. The Balaban J connectivity index is 1.75. The Kier molecular flexibility index (Phi) is 4.66. The van der Waals surface area contributed by atoms with Crippen LogP contribution in [0.15, 0.2) is 34.9 Å². The fourth-order valence-corrected chi connectivity index (χ4v) is 3.72. The molecule has 122 valence electrons. The van der Waals surface area contributed by atoms with Gasteiger partial charge in [0.05, 0.1) is 17.1 Å². The standard InChI is InChI=1S/C16H14F3NO2S/c17-11-4-3-10(14(18)15(11)19)16(21)20-6-5-13(23-9-7-20)12-2-1-8-22-12/h1-4,8,13H,5-7,9H2. The Bertz CT molecular complexity index is 706. The smallest absolute Gasteiger partial charge is 0.256 e. The molecule has 1 unspecified atom stereocenters. The highest BCUT2D eigenvalue weighted by molar-refractivity contribution is 7.99. The number of carbonyl (C=O) groups is 1. The normalized spacial score (nSPS) is 18.7. The van der Waals surface area contributed by atoms with Crippen molar-refractivity contribution in [3.63, 3.8) is 0 Å². The first-order valence-corrected chi connectivity index (χ1v) is 8.20. The third kappa shape index (κ3) is 3.24. The summed E-state index contributed by atoms with van der Waals surface area (Å²) in [7, 11) is 0. The molecule has 1 atom stereocenters. The number of hydrogen-bond donors (Lipinski definition) is 0. The van der Waals surface area contributed by atoms with Crippen molar-refractivity contribution in [3.8, 4) is 0 Å². The van der Waals surface area contributed by atoms with Crippen LogP contribution >= 0.6 is 11.8 Å². The van der Waals surface area contributed by atoms with Crippen LogP contribution in [0, 0.1) is 17.5 Å². The van der Waals surface area contributed by atoms with Gasteiger partial charge in [-0.2, -0.15) is 0 Å². The first kappa shape index (κ1) is 16.0. The molecule has 2 heterocycles. The van der Waals surface area contributed by atoms with Crippen molar-refractivity contribution >= 4 is 17.7 Å². The molecule has 0 aliphatic carbocycles. The summed E-state index contributed by atoms with van der Waals surface area (Å²) >= 11 is 1.65. The van der Waals surface area contributed by atoms with Gasteiger partial charge in [-0.15, -0.1) is 11.8 Å². The highest BCUT2D eigenvalue weighted by atomic mass is 32.2. The Morgan fingerprint density at radius 3 is 2.74 bits per heavy atom. The van der Waals surface area contributed by atoms with E-state index in [1.807, 2.05) is 6.07 Å². The summed E-state index contributed by atoms with van der Waals surface area (Å²) in [5.74, 6) is -3.49. The monoisotopic (exact) mass is 341 g/mol. The number of amides is 1. The average Bonchev–Trinajstić information content (AvgIpc) is 2.97. The molecule has 1 saturated heterocycles. The molecule has 0 spiro atoms. The molecule has 2 aromatic rings. The third-order valence-corrected chi connectivity index (χ3v) is 5.04. The number of rotatable bonds is 2. The molecule has 1 amide bonds. The molecular formula is C16H14F3NO2S. The SMILES string of the molecule is O=C(c1ccc(F)c(F)c1F)N1CCSC(c2ccco2)CC1. The number of nitrogens with zero attached hydrogens (tertiary/aromatic N) is 1. The lowest BCUT2D eigenvalue weighted by Crippen LogP contribution is -2.33. The Labute approximate surface area is 135 Å². The van der Waals surface area contributed by atoms with Crippen LogP contribution in [0.25, 0.3) is 0 Å². The highest BCUT2D eigenvalue weighted by Crippen LogP contribution is 2.34. The maximum atomic E-state index is 13.8. The summed E-state index contributed by atoms with van der Waals surface area (Å²) < 4.78 is 45.5. The van der Waals surface area contributed by atoms with Crippen LogP contribution in [0.1, 0.15) is 27.8 Å². The molecule has 0 bridgehead atoms. The minimum atomic E-state index is -1.62. The topological polar surface area (TPSA) is 33.5 Å². The number of carbonyl (C=O) groups excluding carboxylic acids is 1. The van der Waals surface area contributed by atoms with E-state index in [0.29, 0.717) is 25.3 Å². The van der Waals surface area contributed by atoms with E-state index in [1.165, 1.54) is 4.90 Å². The second-order valence-corrected chi connectivity index (χ2v) is 6.49. The van der Waals surface area contributed by atoms with Gasteiger partial charge in [0.15, 0.2) is 17.5 Å². The summed E-state index contributed by atoms with van der Waals surface area (Å²) in [5, 5.41) is 0.123. The number of halogens is 3. The van der Waals surface area contributed by atoms with Crippen molar-refractivity contribution in [2.75, 3.05) is 18.8 Å². The van der Waals surface area contributed by atoms with Gasteiger partial charge in [0.2, 0.25) is 0 Å². The van der Waals surface area contributed by atoms with Gasteiger partial charge >= 0.3 is 0 Å². The van der Waals surface area contributed by atoms with Gasteiger partial charge in [-0.05, 0) is 30.7 Å². The van der Waals surface area contributed by atoms with Crippen LogP contribution in [0.3, 0.4) is 0 Å². The van der Waals surface area contributed by atoms with Crippen LogP contribution in [0.4, 0.5) is 13.2 Å². The Hall–Kier alpha value is -1.89. The van der Waals surface area contributed by atoms with E-state index in [0.717, 1.165) is 17.9 Å². The molecule has 1 fully saturated rings. The van der Waals surface area contributed by atoms with Crippen molar-refractivity contribution in [2.45, 2.75) is 11.7 Å². The van der Waals surface area contributed by atoms with Gasteiger partial charge in [-0.25, -0.2) is 13.2 Å². The molecule has 0 saturated carbocycles. The van der Waals surface area contributed by atoms with Crippen LogP contribution in [-0.2, 0) is 0 Å². The Morgan fingerprint density at radius 2 is 2.00 bits per heavy atom. The molecule has 23 heavy (non-hydrogen) atoms.